The van der Waals surface area contributed by atoms with Crippen LogP contribution in [-0.4, -0.2) is 30.6 Å². The lowest BCUT2D eigenvalue weighted by Gasteiger charge is -2.32. The van der Waals surface area contributed by atoms with Crippen molar-refractivity contribution in [2.45, 2.75) is 39.2 Å². The molecule has 1 aromatic rings. The number of nitrogen functional groups attached to an aromatic ring is 1. The van der Waals surface area contributed by atoms with Crippen LogP contribution in [0.25, 0.3) is 0 Å². The second-order valence-electron chi connectivity index (χ2n) is 5.33. The van der Waals surface area contributed by atoms with Crippen LogP contribution in [-0.2, 0) is 0 Å². The third-order valence-corrected chi connectivity index (χ3v) is 3.78. The van der Waals surface area contributed by atoms with E-state index in [1.807, 2.05) is 13.0 Å². The van der Waals surface area contributed by atoms with E-state index in [4.69, 9.17) is 5.73 Å². The number of nitrogens with one attached hydrogen (secondary N) is 1. The molecule has 0 radical (unpaired) electrons. The van der Waals surface area contributed by atoms with Crippen molar-refractivity contribution >= 4 is 11.4 Å². The van der Waals surface area contributed by atoms with Gasteiger partial charge in [0, 0.05) is 30.5 Å². The van der Waals surface area contributed by atoms with Crippen molar-refractivity contribution < 1.29 is 0 Å². The normalized spacial score (nSPS) is 17.9. The lowest BCUT2D eigenvalue weighted by atomic mass is 10.0. The summed E-state index contributed by atoms with van der Waals surface area (Å²) < 4.78 is 0. The molecule has 3 N–H and O–H groups in total. The molecule has 1 saturated heterocycles. The Kier molecular flexibility index (Phi) is 4.48. The van der Waals surface area contributed by atoms with Crippen LogP contribution in [0.2, 0.25) is 0 Å². The number of aryl methyl sites for hydroxylation is 1. The SMILES string of the molecule is CCCN1CCC(Nc2ccc(C)c(N)c2)CC1. The maximum Gasteiger partial charge on any atom is 0.0364 e. The lowest BCUT2D eigenvalue weighted by molar-refractivity contribution is 0.219. The van der Waals surface area contributed by atoms with Crippen molar-refractivity contribution in [3.63, 3.8) is 0 Å². The third kappa shape index (κ3) is 3.39. The number of hydrogen-bond acceptors (Lipinski definition) is 3. The lowest BCUT2D eigenvalue weighted by Crippen LogP contribution is -2.39. The second kappa shape index (κ2) is 6.10. The Morgan fingerprint density at radius 3 is 2.67 bits per heavy atom. The zero-order chi connectivity index (χ0) is 13.0. The molecule has 100 valence electrons. The van der Waals surface area contributed by atoms with E-state index < -0.39 is 0 Å². The minimum atomic E-state index is 0.597. The molecule has 0 bridgehead atoms. The van der Waals surface area contributed by atoms with Crippen molar-refractivity contribution in [3.8, 4) is 0 Å². The predicted molar refractivity (Wildman–Crippen MR) is 79.0 cm³/mol. The molecule has 0 aromatic heterocycles. The van der Waals surface area contributed by atoms with Crippen molar-refractivity contribution in [2.24, 2.45) is 0 Å². The number of hydrogen-bond donors (Lipinski definition) is 2. The van der Waals surface area contributed by atoms with E-state index in [0.29, 0.717) is 6.04 Å². The maximum atomic E-state index is 5.94. The quantitative estimate of drug-likeness (QED) is 0.804. The van der Waals surface area contributed by atoms with Crippen LogP contribution in [0.1, 0.15) is 31.7 Å². The summed E-state index contributed by atoms with van der Waals surface area (Å²) in [6, 6.07) is 6.86. The van der Waals surface area contributed by atoms with Gasteiger partial charge in [0.15, 0.2) is 0 Å². The summed E-state index contributed by atoms with van der Waals surface area (Å²) in [5, 5.41) is 3.60. The average molecular weight is 247 g/mol. The van der Waals surface area contributed by atoms with Gasteiger partial charge < -0.3 is 16.0 Å². The number of rotatable bonds is 4. The first kappa shape index (κ1) is 13.2. The van der Waals surface area contributed by atoms with E-state index in [1.54, 1.807) is 0 Å². The number of nitrogens with zero attached hydrogens (tertiary/aromatic N) is 1. The molecule has 1 heterocycles. The maximum absolute atomic E-state index is 5.94. The molecule has 0 amide bonds. The van der Waals surface area contributed by atoms with Crippen LogP contribution in [0.15, 0.2) is 18.2 Å². The summed E-state index contributed by atoms with van der Waals surface area (Å²) in [7, 11) is 0. The standard InChI is InChI=1S/C15H25N3/c1-3-8-18-9-6-13(7-10-18)17-14-5-4-12(2)15(16)11-14/h4-5,11,13,17H,3,6-10,16H2,1-2H3. The first-order valence-corrected chi connectivity index (χ1v) is 7.04. The fraction of sp³-hybridized carbons (Fsp3) is 0.600. The van der Waals surface area contributed by atoms with Gasteiger partial charge in [0.05, 0.1) is 0 Å². The van der Waals surface area contributed by atoms with Crippen LogP contribution in [0, 0.1) is 6.92 Å². The fourth-order valence-electron chi connectivity index (χ4n) is 2.58. The molecule has 0 atom stereocenters. The average Bonchev–Trinajstić information content (AvgIpc) is 2.37. The van der Waals surface area contributed by atoms with Crippen molar-refractivity contribution in [1.82, 2.24) is 4.90 Å². The molecule has 1 fully saturated rings. The van der Waals surface area contributed by atoms with E-state index >= 15 is 0 Å². The molecule has 1 aromatic carbocycles. The summed E-state index contributed by atoms with van der Waals surface area (Å²) in [6.45, 7) is 7.96. The van der Waals surface area contributed by atoms with Crippen LogP contribution in [0.3, 0.4) is 0 Å². The second-order valence-corrected chi connectivity index (χ2v) is 5.33. The monoisotopic (exact) mass is 247 g/mol. The Bertz CT molecular complexity index is 381. The van der Waals surface area contributed by atoms with Gasteiger partial charge in [-0.25, -0.2) is 0 Å². The molecule has 2 rings (SSSR count). The Labute approximate surface area is 110 Å². The molecule has 1 aliphatic heterocycles. The predicted octanol–water partition coefficient (Wildman–Crippen LogP) is 2.86. The first-order valence-electron chi connectivity index (χ1n) is 7.04. The molecule has 0 unspecified atom stereocenters. The van der Waals surface area contributed by atoms with Gasteiger partial charge in [-0.2, -0.15) is 0 Å². The van der Waals surface area contributed by atoms with E-state index in [0.717, 1.165) is 16.9 Å². The number of likely N-dealkylation sites (tertiary alicyclic amines) is 1. The number of anilines is 2. The van der Waals surface area contributed by atoms with Crippen molar-refractivity contribution in [3.05, 3.63) is 23.8 Å². The topological polar surface area (TPSA) is 41.3 Å². The molecule has 3 heteroatoms. The van der Waals surface area contributed by atoms with Crippen LogP contribution < -0.4 is 11.1 Å². The largest absolute Gasteiger partial charge is 0.398 e. The van der Waals surface area contributed by atoms with Gasteiger partial charge in [0.25, 0.3) is 0 Å². The summed E-state index contributed by atoms with van der Waals surface area (Å²) >= 11 is 0. The molecular weight excluding hydrogens is 222 g/mol. The van der Waals surface area contributed by atoms with Crippen LogP contribution in [0.5, 0.6) is 0 Å². The van der Waals surface area contributed by atoms with Gasteiger partial charge in [-0.3, -0.25) is 0 Å². The van der Waals surface area contributed by atoms with Gasteiger partial charge in [-0.05, 0) is 50.4 Å². The summed E-state index contributed by atoms with van der Waals surface area (Å²) in [6.07, 6.45) is 3.72. The molecule has 1 aliphatic rings. The Morgan fingerprint density at radius 1 is 1.33 bits per heavy atom. The highest BCUT2D eigenvalue weighted by Crippen LogP contribution is 2.20. The number of benzene rings is 1. The fourth-order valence-corrected chi connectivity index (χ4v) is 2.58. The molecular formula is C15H25N3. The Hall–Kier alpha value is -1.22. The van der Waals surface area contributed by atoms with Gasteiger partial charge in [-0.1, -0.05) is 13.0 Å². The zero-order valence-corrected chi connectivity index (χ0v) is 11.6. The Balaban J connectivity index is 1.85. The molecule has 0 spiro atoms. The highest BCUT2D eigenvalue weighted by Gasteiger charge is 2.18. The molecule has 3 nitrogen and oxygen atoms in total. The first-order chi connectivity index (χ1) is 8.69. The Morgan fingerprint density at radius 2 is 2.06 bits per heavy atom. The highest BCUT2D eigenvalue weighted by molar-refractivity contribution is 5.58. The minimum Gasteiger partial charge on any atom is -0.398 e. The van der Waals surface area contributed by atoms with Crippen LogP contribution >= 0.6 is 0 Å². The summed E-state index contributed by atoms with van der Waals surface area (Å²) in [4.78, 5) is 2.56. The van der Waals surface area contributed by atoms with E-state index in [9.17, 15) is 0 Å². The van der Waals surface area contributed by atoms with Gasteiger partial charge in [-0.15, -0.1) is 0 Å². The smallest absolute Gasteiger partial charge is 0.0364 e. The van der Waals surface area contributed by atoms with E-state index in [1.165, 1.54) is 38.9 Å². The number of nitrogens with two attached hydrogens (primary N) is 1. The number of piperidine rings is 1. The van der Waals surface area contributed by atoms with E-state index in [2.05, 4.69) is 29.3 Å². The minimum absolute atomic E-state index is 0.597. The van der Waals surface area contributed by atoms with Gasteiger partial charge in [0.2, 0.25) is 0 Å². The van der Waals surface area contributed by atoms with Gasteiger partial charge >= 0.3 is 0 Å². The zero-order valence-electron chi connectivity index (χ0n) is 11.6. The summed E-state index contributed by atoms with van der Waals surface area (Å²) in [5.41, 5.74) is 9.13. The van der Waals surface area contributed by atoms with Crippen molar-refractivity contribution in [1.29, 1.82) is 0 Å². The molecule has 18 heavy (non-hydrogen) atoms. The van der Waals surface area contributed by atoms with E-state index in [-0.39, 0.29) is 0 Å². The molecule has 0 aliphatic carbocycles. The van der Waals surface area contributed by atoms with Gasteiger partial charge in [0.1, 0.15) is 0 Å². The third-order valence-electron chi connectivity index (χ3n) is 3.78. The molecule has 0 saturated carbocycles. The summed E-state index contributed by atoms with van der Waals surface area (Å²) in [5.74, 6) is 0. The van der Waals surface area contributed by atoms with Crippen LogP contribution in [0.4, 0.5) is 11.4 Å². The highest BCUT2D eigenvalue weighted by atomic mass is 15.1. The van der Waals surface area contributed by atoms with Crippen molar-refractivity contribution in [2.75, 3.05) is 30.7 Å².